The fourth-order valence-electron chi connectivity index (χ4n) is 9.93. The van der Waals surface area contributed by atoms with Crippen LogP contribution in [0.3, 0.4) is 0 Å². The van der Waals surface area contributed by atoms with Gasteiger partial charge >= 0.3 is 0 Å². The van der Waals surface area contributed by atoms with Crippen molar-refractivity contribution >= 4 is 5.57 Å². The summed E-state index contributed by atoms with van der Waals surface area (Å²) in [6.07, 6.45) is 55.4. The Morgan fingerprint density at radius 2 is 1.78 bits per heavy atom. The van der Waals surface area contributed by atoms with E-state index in [2.05, 4.69) is 141 Å². The summed E-state index contributed by atoms with van der Waals surface area (Å²) in [6, 6.07) is 9.38. The van der Waals surface area contributed by atoms with Gasteiger partial charge in [-0.25, -0.2) is 0 Å². The first kappa shape index (κ1) is 36.6. The quantitative estimate of drug-likeness (QED) is 0.168. The fraction of sp³-hybridized carbons (Fsp3) is 0.396. The first-order valence-electron chi connectivity index (χ1n) is 21.5. The first-order valence-corrected chi connectivity index (χ1v) is 21.5. The highest BCUT2D eigenvalue weighted by Crippen LogP contribution is 2.44. The Hall–Kier alpha value is -4.36. The third-order valence-corrected chi connectivity index (χ3v) is 13.2. The van der Waals surface area contributed by atoms with Gasteiger partial charge in [0.2, 0.25) is 0 Å². The van der Waals surface area contributed by atoms with E-state index in [1.807, 2.05) is 0 Å². The van der Waals surface area contributed by atoms with Crippen LogP contribution in [0.2, 0.25) is 0 Å². The monoisotopic (exact) mass is 711 g/mol. The second-order valence-electron chi connectivity index (χ2n) is 16.8. The summed E-state index contributed by atoms with van der Waals surface area (Å²) in [7, 11) is 0. The van der Waals surface area contributed by atoms with E-state index in [4.69, 9.17) is 0 Å². The molecule has 0 aromatic heterocycles. The highest BCUT2D eigenvalue weighted by Gasteiger charge is 2.30. The molecular weight excluding hydrogens is 651 g/mol. The largest absolute Gasteiger partial charge is 0.384 e. The number of rotatable bonds is 12. The van der Waals surface area contributed by atoms with Gasteiger partial charge in [-0.1, -0.05) is 146 Å². The lowest BCUT2D eigenvalue weighted by atomic mass is 9.70. The summed E-state index contributed by atoms with van der Waals surface area (Å²) in [6.45, 7) is 5.56. The Morgan fingerprint density at radius 1 is 0.833 bits per heavy atom. The fourth-order valence-corrected chi connectivity index (χ4v) is 9.93. The van der Waals surface area contributed by atoms with Crippen LogP contribution < -0.4 is 5.32 Å². The smallest absolute Gasteiger partial charge is 0.0400 e. The van der Waals surface area contributed by atoms with Crippen LogP contribution >= 0.6 is 0 Å². The molecule has 0 saturated carbocycles. The van der Waals surface area contributed by atoms with Gasteiger partial charge < -0.3 is 5.32 Å². The van der Waals surface area contributed by atoms with Crippen LogP contribution in [0.4, 0.5) is 0 Å². The minimum Gasteiger partial charge on any atom is -0.384 e. The number of fused-ring (bicyclic) bond motifs is 2. The number of benzene rings is 1. The van der Waals surface area contributed by atoms with Crippen molar-refractivity contribution < 1.29 is 0 Å². The lowest BCUT2D eigenvalue weighted by molar-refractivity contribution is 0.469. The zero-order chi connectivity index (χ0) is 36.7. The maximum absolute atomic E-state index is 3.94. The second-order valence-corrected chi connectivity index (χ2v) is 16.8. The summed E-state index contributed by atoms with van der Waals surface area (Å²) in [4.78, 5) is 0. The molecule has 4 unspecified atom stereocenters. The second kappa shape index (κ2) is 17.4. The van der Waals surface area contributed by atoms with Crippen LogP contribution in [0.25, 0.3) is 5.57 Å². The zero-order valence-electron chi connectivity index (χ0n) is 33.0. The van der Waals surface area contributed by atoms with Crippen molar-refractivity contribution in [1.82, 2.24) is 5.32 Å². The molecule has 1 aromatic rings. The van der Waals surface area contributed by atoms with Gasteiger partial charge in [0, 0.05) is 24.1 Å². The lowest BCUT2D eigenvalue weighted by Crippen LogP contribution is -2.22. The van der Waals surface area contributed by atoms with Gasteiger partial charge in [-0.05, 0) is 152 Å². The summed E-state index contributed by atoms with van der Waals surface area (Å²) in [5, 5.41) is 3.94. The van der Waals surface area contributed by atoms with Crippen LogP contribution in [0.1, 0.15) is 108 Å². The maximum atomic E-state index is 3.94. The Balaban J connectivity index is 1.03. The van der Waals surface area contributed by atoms with E-state index in [-0.39, 0.29) is 0 Å². The predicted molar refractivity (Wildman–Crippen MR) is 232 cm³/mol. The molecule has 7 aliphatic rings. The molecule has 0 aliphatic heterocycles. The molecule has 4 atom stereocenters. The molecule has 0 heterocycles. The van der Waals surface area contributed by atoms with Crippen molar-refractivity contribution in [3.63, 3.8) is 0 Å². The molecule has 1 nitrogen and oxygen atoms in total. The summed E-state index contributed by atoms with van der Waals surface area (Å²) >= 11 is 0. The molecule has 0 radical (unpaired) electrons. The minimum atomic E-state index is 0.430. The van der Waals surface area contributed by atoms with Gasteiger partial charge in [-0.3, -0.25) is 0 Å². The average Bonchev–Trinajstić information content (AvgIpc) is 3.23. The third kappa shape index (κ3) is 8.47. The van der Waals surface area contributed by atoms with Crippen molar-refractivity contribution in [2.75, 3.05) is 6.54 Å². The SMILES string of the molecule is CCCCCc1cccc(C2=C3C=CCCC3C(/C(C)=C/C=C(\CNC3=CC4=C(CCC=C4)CC3)C3=CCC(C4=CCC5C=CC=CC5=C4)CC3)C=C2)c1. The van der Waals surface area contributed by atoms with Crippen molar-refractivity contribution in [2.24, 2.45) is 23.7 Å². The van der Waals surface area contributed by atoms with E-state index in [9.17, 15) is 0 Å². The molecule has 1 N–H and O–H groups in total. The topological polar surface area (TPSA) is 12.0 Å². The van der Waals surface area contributed by atoms with E-state index >= 15 is 0 Å². The first-order chi connectivity index (χ1) is 26.6. The molecule has 0 bridgehead atoms. The van der Waals surface area contributed by atoms with E-state index in [0.29, 0.717) is 23.7 Å². The summed E-state index contributed by atoms with van der Waals surface area (Å²) in [5.74, 6) is 2.16. The van der Waals surface area contributed by atoms with E-state index in [1.54, 1.807) is 16.7 Å². The molecule has 54 heavy (non-hydrogen) atoms. The molecular formula is C53H61N. The molecule has 7 aliphatic carbocycles. The number of nitrogens with one attached hydrogen (secondary N) is 1. The molecule has 1 heteroatoms. The van der Waals surface area contributed by atoms with E-state index < -0.39 is 0 Å². The average molecular weight is 712 g/mol. The van der Waals surface area contributed by atoms with Gasteiger partial charge in [-0.15, -0.1) is 0 Å². The highest BCUT2D eigenvalue weighted by atomic mass is 14.9. The minimum absolute atomic E-state index is 0.430. The molecule has 8 rings (SSSR count). The summed E-state index contributed by atoms with van der Waals surface area (Å²) in [5.41, 5.74) is 17.9. The van der Waals surface area contributed by atoms with Crippen LogP contribution in [-0.4, -0.2) is 6.54 Å². The zero-order valence-corrected chi connectivity index (χ0v) is 33.0. The van der Waals surface area contributed by atoms with Crippen molar-refractivity contribution in [3.8, 4) is 0 Å². The third-order valence-electron chi connectivity index (χ3n) is 13.2. The standard InChI is InChI=1S/C53H61N/c1-3-4-5-13-39-14-12-19-47(34-39)51-33-32-50(52-20-10-11-21-53(51)52)38(2)22-23-48(37-54-49-31-30-41-16-7-9-18-45(41)36-49)43-26-24-42(25-27-43)46-29-28-40-15-6-8-17-44(40)35-46/h6,8-9,11-12,14-15,17-19,21-23,26,29,32-36,40,42,50,52,54H,3-5,7,10,13,16,20,24-25,27-28,30-31,37H2,1-2H3/b38-22+,48-23+. The van der Waals surface area contributed by atoms with Crippen molar-refractivity contribution in [2.45, 2.75) is 104 Å². The van der Waals surface area contributed by atoms with Crippen LogP contribution in [0, 0.1) is 23.7 Å². The van der Waals surface area contributed by atoms with Crippen molar-refractivity contribution in [3.05, 3.63) is 183 Å². The van der Waals surface area contributed by atoms with Gasteiger partial charge in [0.1, 0.15) is 0 Å². The normalized spacial score (nSPS) is 26.5. The van der Waals surface area contributed by atoms with Gasteiger partial charge in [0.25, 0.3) is 0 Å². The van der Waals surface area contributed by atoms with Crippen LogP contribution in [0.15, 0.2) is 172 Å². The maximum Gasteiger partial charge on any atom is 0.0400 e. The molecule has 278 valence electrons. The number of hydrogen-bond acceptors (Lipinski definition) is 1. The lowest BCUT2D eigenvalue weighted by Gasteiger charge is -2.34. The number of hydrogen-bond donors (Lipinski definition) is 1. The van der Waals surface area contributed by atoms with E-state index in [0.717, 1.165) is 32.2 Å². The molecule has 1 aromatic carbocycles. The van der Waals surface area contributed by atoms with Gasteiger partial charge in [0.05, 0.1) is 0 Å². The van der Waals surface area contributed by atoms with E-state index in [1.165, 1.54) is 114 Å². The Bertz CT molecular complexity index is 2000. The number of aryl methyl sites for hydroxylation is 1. The van der Waals surface area contributed by atoms with Crippen molar-refractivity contribution in [1.29, 1.82) is 0 Å². The number of unbranched alkanes of at least 4 members (excludes halogenated alkanes) is 2. The Morgan fingerprint density at radius 3 is 2.69 bits per heavy atom. The van der Waals surface area contributed by atoms with Crippen LogP contribution in [0.5, 0.6) is 0 Å². The number of allylic oxidation sites excluding steroid dienone is 24. The highest BCUT2D eigenvalue weighted by molar-refractivity contribution is 5.81. The molecule has 0 saturated heterocycles. The Kier molecular flexibility index (Phi) is 11.8. The van der Waals surface area contributed by atoms with Crippen LogP contribution in [-0.2, 0) is 6.42 Å². The summed E-state index contributed by atoms with van der Waals surface area (Å²) < 4.78 is 0. The van der Waals surface area contributed by atoms with Gasteiger partial charge in [-0.2, -0.15) is 0 Å². The molecule has 0 spiro atoms. The van der Waals surface area contributed by atoms with Gasteiger partial charge in [0.15, 0.2) is 0 Å². The molecule has 0 fully saturated rings. The predicted octanol–water partition coefficient (Wildman–Crippen LogP) is 13.8. The Labute approximate surface area is 326 Å². The molecule has 0 amide bonds.